The highest BCUT2D eigenvalue weighted by atomic mass is 16.2. The fraction of sp³-hybridized carbons (Fsp3) is 0.577. The second-order valence-electron chi connectivity index (χ2n) is 8.91. The Labute approximate surface area is 197 Å². The molecule has 1 aliphatic rings. The molecule has 1 saturated heterocycles. The summed E-state index contributed by atoms with van der Waals surface area (Å²) in [4.78, 5) is 42.6. The lowest BCUT2D eigenvalue weighted by Crippen LogP contribution is -2.37. The van der Waals surface area contributed by atoms with E-state index < -0.39 is 11.7 Å². The molecule has 0 aliphatic carbocycles. The molecule has 0 unspecified atom stereocenters. The average molecular weight is 455 g/mol. The second kappa shape index (κ2) is 12.5. The van der Waals surface area contributed by atoms with E-state index in [-0.39, 0.29) is 12.5 Å². The van der Waals surface area contributed by atoms with Crippen LogP contribution in [0.1, 0.15) is 62.7 Å². The Bertz CT molecular complexity index is 940. The minimum Gasteiger partial charge on any atom is -0.349 e. The number of fused-ring (bicyclic) bond motifs is 1. The van der Waals surface area contributed by atoms with Crippen molar-refractivity contribution in [3.63, 3.8) is 0 Å². The molecule has 1 aromatic carbocycles. The van der Waals surface area contributed by atoms with Gasteiger partial charge in [0, 0.05) is 36.7 Å². The van der Waals surface area contributed by atoms with Crippen molar-refractivity contribution in [1.29, 1.82) is 0 Å². The summed E-state index contributed by atoms with van der Waals surface area (Å²) >= 11 is 0. The van der Waals surface area contributed by atoms with Crippen LogP contribution in [-0.4, -0.2) is 71.2 Å². The summed E-state index contributed by atoms with van der Waals surface area (Å²) < 4.78 is 1.81. The first-order valence-corrected chi connectivity index (χ1v) is 12.5. The molecule has 1 N–H and O–H groups in total. The van der Waals surface area contributed by atoms with Crippen LogP contribution in [0.25, 0.3) is 10.9 Å². The second-order valence-corrected chi connectivity index (χ2v) is 8.91. The van der Waals surface area contributed by atoms with Gasteiger partial charge in [0.25, 0.3) is 11.7 Å². The highest BCUT2D eigenvalue weighted by Crippen LogP contribution is 2.22. The number of benzene rings is 1. The van der Waals surface area contributed by atoms with Crippen LogP contribution in [0.2, 0.25) is 0 Å². The van der Waals surface area contributed by atoms with Gasteiger partial charge in [0.1, 0.15) is 6.54 Å². The standard InChI is InChI=1S/C26H38N4O3/c1-3-14-28(15-4-2)16-10-13-27-26(33)25(32)22-19-30(23-12-7-6-11-21(22)23)20-24(31)29-17-8-5-9-18-29/h6-7,11-12,19H,3-5,8-10,13-18,20H2,1-2H3,(H,27,33). The van der Waals surface area contributed by atoms with E-state index in [0.717, 1.165) is 70.3 Å². The molecule has 2 amide bonds. The summed E-state index contributed by atoms with van der Waals surface area (Å²) in [5.41, 5.74) is 1.15. The minimum atomic E-state index is -0.585. The van der Waals surface area contributed by atoms with Gasteiger partial charge >= 0.3 is 0 Å². The highest BCUT2D eigenvalue weighted by molar-refractivity contribution is 6.45. The van der Waals surface area contributed by atoms with Crippen molar-refractivity contribution in [2.75, 3.05) is 39.3 Å². The Morgan fingerprint density at radius 3 is 2.36 bits per heavy atom. The first kappa shape index (κ1) is 25.0. The Balaban J connectivity index is 1.63. The molecule has 0 radical (unpaired) electrons. The van der Waals surface area contributed by atoms with Crippen LogP contribution in [0.3, 0.4) is 0 Å². The zero-order chi connectivity index (χ0) is 23.6. The van der Waals surface area contributed by atoms with Crippen LogP contribution in [-0.2, 0) is 16.1 Å². The highest BCUT2D eigenvalue weighted by Gasteiger charge is 2.23. The van der Waals surface area contributed by atoms with Crippen molar-refractivity contribution in [3.8, 4) is 0 Å². The third-order valence-corrected chi connectivity index (χ3v) is 6.27. The Kier molecular flexibility index (Phi) is 9.48. The number of ketones is 1. The van der Waals surface area contributed by atoms with Gasteiger partial charge < -0.3 is 19.7 Å². The number of para-hydroxylation sites is 1. The normalized spacial score (nSPS) is 14.1. The van der Waals surface area contributed by atoms with Crippen LogP contribution >= 0.6 is 0 Å². The smallest absolute Gasteiger partial charge is 0.292 e. The summed E-state index contributed by atoms with van der Waals surface area (Å²) in [6.45, 7) is 9.58. The van der Waals surface area contributed by atoms with Gasteiger partial charge in [-0.1, -0.05) is 32.0 Å². The monoisotopic (exact) mass is 454 g/mol. The van der Waals surface area contributed by atoms with Crippen molar-refractivity contribution in [3.05, 3.63) is 36.0 Å². The summed E-state index contributed by atoms with van der Waals surface area (Å²) in [5, 5.41) is 3.50. The van der Waals surface area contributed by atoms with Crippen LogP contribution in [0.5, 0.6) is 0 Å². The number of likely N-dealkylation sites (tertiary alicyclic amines) is 1. The lowest BCUT2D eigenvalue weighted by Gasteiger charge is -2.27. The van der Waals surface area contributed by atoms with Crippen molar-refractivity contribution in [2.45, 2.75) is 58.9 Å². The van der Waals surface area contributed by atoms with E-state index in [1.165, 1.54) is 6.42 Å². The number of amides is 2. The SMILES string of the molecule is CCCN(CCC)CCCNC(=O)C(=O)c1cn(CC(=O)N2CCCCC2)c2ccccc12. The lowest BCUT2D eigenvalue weighted by molar-refractivity contribution is -0.132. The third-order valence-electron chi connectivity index (χ3n) is 6.27. The van der Waals surface area contributed by atoms with Gasteiger partial charge in [0.05, 0.1) is 5.56 Å². The molecule has 7 nitrogen and oxygen atoms in total. The zero-order valence-corrected chi connectivity index (χ0v) is 20.1. The number of carbonyl (C=O) groups is 3. The molecule has 1 aromatic heterocycles. The largest absolute Gasteiger partial charge is 0.349 e. The van der Waals surface area contributed by atoms with Gasteiger partial charge in [-0.2, -0.15) is 0 Å². The molecule has 180 valence electrons. The van der Waals surface area contributed by atoms with Crippen LogP contribution in [0.15, 0.2) is 30.5 Å². The van der Waals surface area contributed by atoms with E-state index in [9.17, 15) is 14.4 Å². The number of carbonyl (C=O) groups excluding carboxylic acids is 3. The fourth-order valence-corrected chi connectivity index (χ4v) is 4.62. The number of nitrogens with zero attached hydrogens (tertiary/aromatic N) is 3. The summed E-state index contributed by atoms with van der Waals surface area (Å²) in [6, 6.07) is 7.47. The van der Waals surface area contributed by atoms with Gasteiger partial charge in [-0.05, 0) is 64.2 Å². The molecule has 1 aliphatic heterocycles. The van der Waals surface area contributed by atoms with E-state index >= 15 is 0 Å². The Morgan fingerprint density at radius 2 is 1.67 bits per heavy atom. The maximum atomic E-state index is 13.0. The van der Waals surface area contributed by atoms with E-state index in [4.69, 9.17) is 0 Å². The molecule has 1 fully saturated rings. The van der Waals surface area contributed by atoms with Crippen molar-refractivity contribution in [2.24, 2.45) is 0 Å². The van der Waals surface area contributed by atoms with Gasteiger partial charge in [-0.3, -0.25) is 14.4 Å². The van der Waals surface area contributed by atoms with Crippen LogP contribution in [0, 0.1) is 0 Å². The molecular weight excluding hydrogens is 416 g/mol. The number of hydrogen-bond acceptors (Lipinski definition) is 4. The summed E-state index contributed by atoms with van der Waals surface area (Å²) in [5.74, 6) is -1.07. The summed E-state index contributed by atoms with van der Waals surface area (Å²) in [7, 11) is 0. The Hall–Kier alpha value is -2.67. The zero-order valence-electron chi connectivity index (χ0n) is 20.1. The van der Waals surface area contributed by atoms with Crippen molar-refractivity contribution in [1.82, 2.24) is 19.7 Å². The van der Waals surface area contributed by atoms with Crippen molar-refractivity contribution >= 4 is 28.5 Å². The molecule has 3 rings (SSSR count). The van der Waals surface area contributed by atoms with E-state index in [0.29, 0.717) is 17.5 Å². The average Bonchev–Trinajstić information content (AvgIpc) is 3.20. The number of Topliss-reactive ketones (excluding diaryl/α,β-unsaturated/α-hetero) is 1. The summed E-state index contributed by atoms with van der Waals surface area (Å²) in [6.07, 6.45) is 7.93. The number of hydrogen-bond donors (Lipinski definition) is 1. The molecule has 7 heteroatoms. The maximum absolute atomic E-state index is 13.0. The third kappa shape index (κ3) is 6.67. The predicted octanol–water partition coefficient (Wildman–Crippen LogP) is 3.46. The van der Waals surface area contributed by atoms with Crippen molar-refractivity contribution < 1.29 is 14.4 Å². The molecule has 0 saturated carbocycles. The molecule has 0 atom stereocenters. The van der Waals surface area contributed by atoms with Gasteiger partial charge in [-0.15, -0.1) is 0 Å². The molecular formula is C26H38N4O3. The molecule has 33 heavy (non-hydrogen) atoms. The van der Waals surface area contributed by atoms with E-state index in [2.05, 4.69) is 24.1 Å². The maximum Gasteiger partial charge on any atom is 0.292 e. The van der Waals surface area contributed by atoms with E-state index in [1.807, 2.05) is 29.2 Å². The molecule has 2 heterocycles. The minimum absolute atomic E-state index is 0.0580. The van der Waals surface area contributed by atoms with Gasteiger partial charge in [-0.25, -0.2) is 0 Å². The Morgan fingerprint density at radius 1 is 0.970 bits per heavy atom. The predicted molar refractivity (Wildman–Crippen MR) is 131 cm³/mol. The number of rotatable bonds is 12. The molecule has 0 bridgehead atoms. The number of aromatic nitrogens is 1. The molecule has 2 aromatic rings. The lowest BCUT2D eigenvalue weighted by atomic mass is 10.1. The first-order chi connectivity index (χ1) is 16.0. The first-order valence-electron chi connectivity index (χ1n) is 12.5. The van der Waals surface area contributed by atoms with Gasteiger partial charge in [0.2, 0.25) is 5.91 Å². The topological polar surface area (TPSA) is 74.6 Å². The molecule has 0 spiro atoms. The van der Waals surface area contributed by atoms with Crippen LogP contribution in [0.4, 0.5) is 0 Å². The number of piperidine rings is 1. The number of nitrogens with one attached hydrogen (secondary N) is 1. The fourth-order valence-electron chi connectivity index (χ4n) is 4.62. The quantitative estimate of drug-likeness (QED) is 0.303. The van der Waals surface area contributed by atoms with E-state index in [1.54, 1.807) is 10.8 Å². The van der Waals surface area contributed by atoms with Gasteiger partial charge in [0.15, 0.2) is 0 Å². The van der Waals surface area contributed by atoms with Crippen LogP contribution < -0.4 is 5.32 Å².